The highest BCUT2D eigenvalue weighted by molar-refractivity contribution is 6.04. The third kappa shape index (κ3) is 2.79. The molecule has 6 heteroatoms. The lowest BCUT2D eigenvalue weighted by atomic mass is 10.2. The van der Waals surface area contributed by atoms with Gasteiger partial charge in [0.25, 0.3) is 5.91 Å². The molecule has 2 rings (SSSR count). The zero-order valence-electron chi connectivity index (χ0n) is 9.55. The van der Waals surface area contributed by atoms with Crippen LogP contribution in [0, 0.1) is 5.82 Å². The van der Waals surface area contributed by atoms with E-state index in [2.05, 4.69) is 15.3 Å². The number of hydrogen-bond acceptors (Lipinski definition) is 4. The van der Waals surface area contributed by atoms with E-state index in [1.165, 1.54) is 43.8 Å². The smallest absolute Gasteiger partial charge is 0.316 e. The van der Waals surface area contributed by atoms with Crippen molar-refractivity contribution in [3.63, 3.8) is 0 Å². The van der Waals surface area contributed by atoms with Crippen LogP contribution < -0.4 is 10.1 Å². The molecule has 5 nitrogen and oxygen atoms in total. The van der Waals surface area contributed by atoms with Crippen molar-refractivity contribution >= 4 is 11.6 Å². The number of halogens is 1. The van der Waals surface area contributed by atoms with Gasteiger partial charge in [-0.25, -0.2) is 14.4 Å². The molecule has 1 amide bonds. The summed E-state index contributed by atoms with van der Waals surface area (Å²) in [7, 11) is 1.45. The van der Waals surface area contributed by atoms with Crippen LogP contribution in [-0.4, -0.2) is 23.0 Å². The predicted molar refractivity (Wildman–Crippen MR) is 62.9 cm³/mol. The van der Waals surface area contributed by atoms with E-state index in [-0.39, 0.29) is 17.7 Å². The molecular weight excluding hydrogens is 237 g/mol. The monoisotopic (exact) mass is 247 g/mol. The second kappa shape index (κ2) is 5.22. The van der Waals surface area contributed by atoms with Crippen molar-refractivity contribution in [2.24, 2.45) is 0 Å². The fourth-order valence-corrected chi connectivity index (χ4v) is 1.29. The van der Waals surface area contributed by atoms with Crippen LogP contribution in [-0.2, 0) is 0 Å². The second-order valence-electron chi connectivity index (χ2n) is 3.42. The van der Waals surface area contributed by atoms with Gasteiger partial charge in [0.05, 0.1) is 25.2 Å². The lowest BCUT2D eigenvalue weighted by molar-refractivity contribution is 0.102. The van der Waals surface area contributed by atoms with Gasteiger partial charge in [-0.1, -0.05) is 0 Å². The van der Waals surface area contributed by atoms with E-state index in [9.17, 15) is 9.18 Å². The van der Waals surface area contributed by atoms with Crippen LogP contribution in [0.4, 0.5) is 10.1 Å². The highest BCUT2D eigenvalue weighted by atomic mass is 19.1. The molecule has 0 aliphatic carbocycles. The predicted octanol–water partition coefficient (Wildman–Crippen LogP) is 1.88. The number of carbonyl (C=O) groups excluding carboxylic acids is 1. The van der Waals surface area contributed by atoms with Crippen LogP contribution in [0.2, 0.25) is 0 Å². The first kappa shape index (κ1) is 12.0. The average Bonchev–Trinajstić information content (AvgIpc) is 2.40. The first-order valence-corrected chi connectivity index (χ1v) is 5.12. The standard InChI is InChI=1S/C12H10FN3O2/c1-18-12-14-6-10(7-15-12)16-11(17)8-2-4-9(13)5-3-8/h2-7H,1H3,(H,16,17). The van der Waals surface area contributed by atoms with Crippen LogP contribution >= 0.6 is 0 Å². The molecular formula is C12H10FN3O2. The number of ether oxygens (including phenoxy) is 1. The summed E-state index contributed by atoms with van der Waals surface area (Å²) in [6, 6.07) is 5.46. The van der Waals surface area contributed by atoms with Gasteiger partial charge in [-0.05, 0) is 24.3 Å². The van der Waals surface area contributed by atoms with Crippen molar-refractivity contribution in [2.75, 3.05) is 12.4 Å². The Hall–Kier alpha value is -2.50. The van der Waals surface area contributed by atoms with Gasteiger partial charge in [-0.15, -0.1) is 0 Å². The maximum absolute atomic E-state index is 12.7. The molecule has 1 N–H and O–H groups in total. The number of amides is 1. The molecule has 0 fully saturated rings. The molecule has 0 aliphatic heterocycles. The van der Waals surface area contributed by atoms with Crippen molar-refractivity contribution < 1.29 is 13.9 Å². The van der Waals surface area contributed by atoms with E-state index in [4.69, 9.17) is 4.74 Å². The fraction of sp³-hybridized carbons (Fsp3) is 0.0833. The van der Waals surface area contributed by atoms with Gasteiger partial charge in [0.2, 0.25) is 0 Å². The summed E-state index contributed by atoms with van der Waals surface area (Å²) in [5.41, 5.74) is 0.789. The molecule has 1 aromatic heterocycles. The largest absolute Gasteiger partial charge is 0.467 e. The quantitative estimate of drug-likeness (QED) is 0.899. The number of methoxy groups -OCH3 is 1. The van der Waals surface area contributed by atoms with Gasteiger partial charge in [0.1, 0.15) is 5.82 Å². The summed E-state index contributed by atoms with van der Waals surface area (Å²) in [4.78, 5) is 19.5. The first-order chi connectivity index (χ1) is 8.69. The summed E-state index contributed by atoms with van der Waals surface area (Å²) in [5, 5.41) is 2.59. The summed E-state index contributed by atoms with van der Waals surface area (Å²) >= 11 is 0. The molecule has 18 heavy (non-hydrogen) atoms. The average molecular weight is 247 g/mol. The minimum Gasteiger partial charge on any atom is -0.467 e. The number of nitrogens with one attached hydrogen (secondary N) is 1. The molecule has 0 saturated heterocycles. The molecule has 0 atom stereocenters. The zero-order chi connectivity index (χ0) is 13.0. The van der Waals surface area contributed by atoms with Crippen molar-refractivity contribution in [3.05, 3.63) is 48.0 Å². The number of hydrogen-bond donors (Lipinski definition) is 1. The summed E-state index contributed by atoms with van der Waals surface area (Å²) in [5.74, 6) is -0.747. The zero-order valence-corrected chi connectivity index (χ0v) is 9.55. The molecule has 0 aliphatic rings. The Bertz CT molecular complexity index is 540. The Labute approximate surface area is 103 Å². The molecule has 1 heterocycles. The summed E-state index contributed by atoms with van der Waals surface area (Å²) < 4.78 is 17.5. The van der Waals surface area contributed by atoms with E-state index < -0.39 is 0 Å². The molecule has 0 unspecified atom stereocenters. The van der Waals surface area contributed by atoms with Crippen LogP contribution in [0.15, 0.2) is 36.7 Å². The second-order valence-corrected chi connectivity index (χ2v) is 3.42. The third-order valence-electron chi connectivity index (χ3n) is 2.18. The highest BCUT2D eigenvalue weighted by Crippen LogP contribution is 2.09. The Morgan fingerprint density at radius 1 is 1.22 bits per heavy atom. The highest BCUT2D eigenvalue weighted by Gasteiger charge is 2.06. The molecule has 0 radical (unpaired) electrons. The van der Waals surface area contributed by atoms with E-state index in [0.29, 0.717) is 11.3 Å². The Kier molecular flexibility index (Phi) is 3.47. The van der Waals surface area contributed by atoms with Crippen LogP contribution in [0.5, 0.6) is 6.01 Å². The number of nitrogens with zero attached hydrogens (tertiary/aromatic N) is 2. The van der Waals surface area contributed by atoms with Gasteiger partial charge in [-0.3, -0.25) is 4.79 Å². The van der Waals surface area contributed by atoms with Crippen LogP contribution in [0.3, 0.4) is 0 Å². The topological polar surface area (TPSA) is 64.1 Å². The van der Waals surface area contributed by atoms with E-state index >= 15 is 0 Å². The maximum Gasteiger partial charge on any atom is 0.316 e. The third-order valence-corrected chi connectivity index (χ3v) is 2.18. The van der Waals surface area contributed by atoms with Crippen molar-refractivity contribution in [2.45, 2.75) is 0 Å². The van der Waals surface area contributed by atoms with Gasteiger partial charge in [-0.2, -0.15) is 0 Å². The number of carbonyl (C=O) groups is 1. The van der Waals surface area contributed by atoms with Gasteiger partial charge in [0, 0.05) is 5.56 Å². The molecule has 92 valence electrons. The van der Waals surface area contributed by atoms with Gasteiger partial charge in [0.15, 0.2) is 0 Å². The lowest BCUT2D eigenvalue weighted by Crippen LogP contribution is -2.12. The van der Waals surface area contributed by atoms with Crippen molar-refractivity contribution in [1.29, 1.82) is 0 Å². The Balaban J connectivity index is 2.08. The van der Waals surface area contributed by atoms with Crippen LogP contribution in [0.25, 0.3) is 0 Å². The normalized spacial score (nSPS) is 9.89. The lowest BCUT2D eigenvalue weighted by Gasteiger charge is -2.04. The molecule has 2 aromatic rings. The van der Waals surface area contributed by atoms with Crippen molar-refractivity contribution in [1.82, 2.24) is 9.97 Å². The summed E-state index contributed by atoms with van der Waals surface area (Å²) in [6.45, 7) is 0. The number of aromatic nitrogens is 2. The van der Waals surface area contributed by atoms with Crippen LogP contribution in [0.1, 0.15) is 10.4 Å². The molecule has 1 aromatic carbocycles. The fourth-order valence-electron chi connectivity index (χ4n) is 1.29. The van der Waals surface area contributed by atoms with Gasteiger partial charge >= 0.3 is 6.01 Å². The molecule has 0 bridgehead atoms. The van der Waals surface area contributed by atoms with Crippen molar-refractivity contribution in [3.8, 4) is 6.01 Å². The number of anilines is 1. The van der Waals surface area contributed by atoms with E-state index in [1.807, 2.05) is 0 Å². The first-order valence-electron chi connectivity index (χ1n) is 5.12. The summed E-state index contributed by atoms with van der Waals surface area (Å²) in [6.07, 6.45) is 2.85. The Morgan fingerprint density at radius 2 is 1.83 bits per heavy atom. The van der Waals surface area contributed by atoms with Gasteiger partial charge < -0.3 is 10.1 Å². The maximum atomic E-state index is 12.7. The SMILES string of the molecule is COc1ncc(NC(=O)c2ccc(F)cc2)cn1. The molecule has 0 saturated carbocycles. The Morgan fingerprint density at radius 3 is 2.39 bits per heavy atom. The minimum absolute atomic E-state index is 0.217. The van der Waals surface area contributed by atoms with E-state index in [0.717, 1.165) is 0 Å². The number of benzene rings is 1. The van der Waals surface area contributed by atoms with E-state index in [1.54, 1.807) is 0 Å². The number of rotatable bonds is 3. The minimum atomic E-state index is -0.390. The molecule has 0 spiro atoms.